The molecule has 0 amide bonds. The van der Waals surface area contributed by atoms with Gasteiger partial charge in [-0.2, -0.15) is 4.57 Å². The predicted octanol–water partition coefficient (Wildman–Crippen LogP) is 2.40. The van der Waals surface area contributed by atoms with Crippen LogP contribution in [0.4, 0.5) is 11.5 Å². The van der Waals surface area contributed by atoms with E-state index in [4.69, 9.17) is 4.98 Å². The van der Waals surface area contributed by atoms with Crippen molar-refractivity contribution in [2.24, 2.45) is 0 Å². The third-order valence-electron chi connectivity index (χ3n) is 6.06. The molecule has 0 radical (unpaired) electrons. The minimum atomic E-state index is 0.112. The monoisotopic (exact) mass is 363 g/mol. The SMILES string of the molecule is Cc1cccc(C)c1B1c2ccc[n+]3c2-n2c(cnc2C3)N1c1ccccc1. The van der Waals surface area contributed by atoms with Crippen LogP contribution in [0.5, 0.6) is 0 Å². The van der Waals surface area contributed by atoms with Crippen LogP contribution in [0.15, 0.2) is 73.1 Å². The quantitative estimate of drug-likeness (QED) is 0.356. The van der Waals surface area contributed by atoms with Gasteiger partial charge in [-0.1, -0.05) is 53.6 Å². The molecule has 0 aliphatic carbocycles. The van der Waals surface area contributed by atoms with Crippen LogP contribution < -0.4 is 20.3 Å². The van der Waals surface area contributed by atoms with E-state index in [1.165, 1.54) is 33.6 Å². The van der Waals surface area contributed by atoms with E-state index in [0.29, 0.717) is 0 Å². The van der Waals surface area contributed by atoms with Gasteiger partial charge in [0.2, 0.25) is 11.6 Å². The van der Waals surface area contributed by atoms with Gasteiger partial charge in [0.25, 0.3) is 5.82 Å². The third-order valence-corrected chi connectivity index (χ3v) is 6.06. The second-order valence-electron chi connectivity index (χ2n) is 7.70. The topological polar surface area (TPSA) is 24.9 Å². The molecule has 0 saturated carbocycles. The molecule has 0 saturated heterocycles. The summed E-state index contributed by atoms with van der Waals surface area (Å²) in [7, 11) is 0. The van der Waals surface area contributed by atoms with Gasteiger partial charge >= 0.3 is 6.85 Å². The Kier molecular flexibility index (Phi) is 3.13. The number of aromatic nitrogens is 3. The highest BCUT2D eigenvalue weighted by atomic mass is 15.3. The van der Waals surface area contributed by atoms with Crippen molar-refractivity contribution in [3.8, 4) is 5.82 Å². The molecule has 0 spiro atoms. The Morgan fingerprint density at radius 3 is 2.50 bits per heavy atom. The molecule has 0 unspecified atom stereocenters. The van der Waals surface area contributed by atoms with Gasteiger partial charge in [0.15, 0.2) is 6.54 Å². The first kappa shape index (κ1) is 15.7. The van der Waals surface area contributed by atoms with Crippen molar-refractivity contribution in [3.05, 3.63) is 90.0 Å². The maximum Gasteiger partial charge on any atom is 0.341 e. The average molecular weight is 363 g/mol. The van der Waals surface area contributed by atoms with Gasteiger partial charge in [-0.25, -0.2) is 9.55 Å². The Balaban J connectivity index is 1.72. The number of imidazole rings is 1. The second kappa shape index (κ2) is 5.58. The van der Waals surface area contributed by atoms with Crippen LogP contribution in [-0.2, 0) is 6.54 Å². The molecule has 4 nitrogen and oxygen atoms in total. The standard InChI is InChI=1S/C23H20BN4/c1-16-8-6-9-17(2)22(16)24-19-12-7-13-26-15-20-25-14-21(27(20)23(19)26)28(24)18-10-4-3-5-11-18/h3-14H,15H2,1-2H3/q+1. The van der Waals surface area contributed by atoms with Gasteiger partial charge < -0.3 is 4.81 Å². The largest absolute Gasteiger partial charge is 0.342 e. The number of para-hydroxylation sites is 1. The highest BCUT2D eigenvalue weighted by Gasteiger charge is 2.48. The summed E-state index contributed by atoms with van der Waals surface area (Å²) in [5.41, 5.74) is 6.53. The van der Waals surface area contributed by atoms with Gasteiger partial charge in [0.1, 0.15) is 0 Å². The molecule has 2 aromatic carbocycles. The molecule has 0 fully saturated rings. The van der Waals surface area contributed by atoms with Crippen LogP contribution in [-0.4, -0.2) is 16.4 Å². The fourth-order valence-corrected chi connectivity index (χ4v) is 4.89. The molecule has 28 heavy (non-hydrogen) atoms. The summed E-state index contributed by atoms with van der Waals surface area (Å²) in [6, 6.07) is 21.7. The summed E-state index contributed by atoms with van der Waals surface area (Å²) in [4.78, 5) is 7.21. The zero-order valence-corrected chi connectivity index (χ0v) is 16.0. The number of rotatable bonds is 2. The van der Waals surface area contributed by atoms with Crippen LogP contribution in [0.1, 0.15) is 17.0 Å². The van der Waals surface area contributed by atoms with Crippen molar-refractivity contribution in [2.75, 3.05) is 4.81 Å². The average Bonchev–Trinajstić information content (AvgIpc) is 3.28. The first-order valence-corrected chi connectivity index (χ1v) is 9.74. The van der Waals surface area contributed by atoms with Crippen molar-refractivity contribution < 1.29 is 4.57 Å². The van der Waals surface area contributed by atoms with E-state index in [0.717, 1.165) is 18.2 Å². The van der Waals surface area contributed by atoms with E-state index in [9.17, 15) is 0 Å². The van der Waals surface area contributed by atoms with E-state index in [1.54, 1.807) is 0 Å². The maximum atomic E-state index is 4.76. The first-order valence-electron chi connectivity index (χ1n) is 9.74. The van der Waals surface area contributed by atoms with Crippen molar-refractivity contribution in [3.63, 3.8) is 0 Å². The number of pyridine rings is 1. The fourth-order valence-electron chi connectivity index (χ4n) is 4.89. The predicted molar refractivity (Wildman–Crippen MR) is 112 cm³/mol. The molecular formula is C23H20BN4+. The molecule has 5 heteroatoms. The number of nitrogens with zero attached hydrogens (tertiary/aromatic N) is 4. The fraction of sp³-hybridized carbons (Fsp3) is 0.130. The number of aryl methyl sites for hydroxylation is 2. The van der Waals surface area contributed by atoms with Crippen LogP contribution in [0.2, 0.25) is 0 Å². The van der Waals surface area contributed by atoms with Crippen molar-refractivity contribution >= 4 is 29.3 Å². The van der Waals surface area contributed by atoms with Gasteiger partial charge in [0.05, 0.1) is 12.4 Å². The van der Waals surface area contributed by atoms with E-state index in [1.807, 2.05) is 6.20 Å². The normalized spacial score (nSPS) is 13.8. The summed E-state index contributed by atoms with van der Waals surface area (Å²) in [6.45, 7) is 5.38. The maximum absolute atomic E-state index is 4.76. The summed E-state index contributed by atoms with van der Waals surface area (Å²) in [5.74, 6) is 3.49. The van der Waals surface area contributed by atoms with Gasteiger partial charge in [0, 0.05) is 11.2 Å². The molecule has 134 valence electrons. The summed E-state index contributed by atoms with van der Waals surface area (Å²) >= 11 is 0. The van der Waals surface area contributed by atoms with E-state index in [-0.39, 0.29) is 6.85 Å². The molecule has 0 bridgehead atoms. The molecule has 2 aromatic heterocycles. The van der Waals surface area contributed by atoms with Crippen molar-refractivity contribution in [2.45, 2.75) is 20.4 Å². The van der Waals surface area contributed by atoms with E-state index in [2.05, 4.69) is 94.7 Å². The third kappa shape index (κ3) is 1.96. The minimum absolute atomic E-state index is 0.112. The molecule has 0 N–H and O–H groups in total. The lowest BCUT2D eigenvalue weighted by atomic mass is 9.46. The minimum Gasteiger partial charge on any atom is -0.342 e. The lowest BCUT2D eigenvalue weighted by Crippen LogP contribution is -2.62. The Morgan fingerprint density at radius 2 is 1.71 bits per heavy atom. The first-order chi connectivity index (χ1) is 13.7. The molecular weight excluding hydrogens is 343 g/mol. The summed E-state index contributed by atoms with van der Waals surface area (Å²) < 4.78 is 4.65. The number of benzene rings is 2. The highest BCUT2D eigenvalue weighted by Crippen LogP contribution is 2.34. The summed E-state index contributed by atoms with van der Waals surface area (Å²) in [5, 5.41) is 0. The zero-order valence-electron chi connectivity index (χ0n) is 16.0. The molecule has 4 heterocycles. The Morgan fingerprint density at radius 1 is 0.929 bits per heavy atom. The Hall–Kier alpha value is -3.34. The number of anilines is 2. The highest BCUT2D eigenvalue weighted by molar-refractivity contribution is 6.90. The van der Waals surface area contributed by atoms with E-state index >= 15 is 0 Å². The Labute approximate surface area is 164 Å². The second-order valence-corrected chi connectivity index (χ2v) is 7.70. The van der Waals surface area contributed by atoms with Gasteiger partial charge in [-0.05, 0) is 37.5 Å². The van der Waals surface area contributed by atoms with Gasteiger partial charge in [-0.15, -0.1) is 0 Å². The number of hydrogen-bond acceptors (Lipinski definition) is 2. The van der Waals surface area contributed by atoms with Crippen molar-refractivity contribution in [1.82, 2.24) is 9.55 Å². The molecule has 4 aromatic rings. The zero-order chi connectivity index (χ0) is 18.8. The lowest BCUT2D eigenvalue weighted by molar-refractivity contribution is -0.673. The van der Waals surface area contributed by atoms with Crippen molar-refractivity contribution in [1.29, 1.82) is 0 Å². The molecule has 2 aliphatic rings. The van der Waals surface area contributed by atoms with Crippen LogP contribution >= 0.6 is 0 Å². The number of hydrogen-bond donors (Lipinski definition) is 0. The smallest absolute Gasteiger partial charge is 0.341 e. The summed E-state index contributed by atoms with van der Waals surface area (Å²) in [6.07, 6.45) is 4.19. The van der Waals surface area contributed by atoms with Crippen LogP contribution in [0.25, 0.3) is 5.82 Å². The molecule has 6 rings (SSSR count). The molecule has 0 atom stereocenters. The van der Waals surface area contributed by atoms with E-state index < -0.39 is 0 Å². The lowest BCUT2D eigenvalue weighted by Gasteiger charge is -2.34. The van der Waals surface area contributed by atoms with Crippen LogP contribution in [0.3, 0.4) is 0 Å². The molecule has 2 aliphatic heterocycles. The Bertz CT molecular complexity index is 1210. The van der Waals surface area contributed by atoms with Gasteiger partial charge in [-0.3, -0.25) is 0 Å². The van der Waals surface area contributed by atoms with Crippen LogP contribution in [0, 0.1) is 13.8 Å².